The summed E-state index contributed by atoms with van der Waals surface area (Å²) in [5.74, 6) is 0.0459. The molecule has 27 heavy (non-hydrogen) atoms. The summed E-state index contributed by atoms with van der Waals surface area (Å²) >= 11 is 0. The van der Waals surface area contributed by atoms with Crippen LogP contribution >= 0.6 is 0 Å². The Morgan fingerprint density at radius 2 is 2.04 bits per heavy atom. The number of hydrogen-bond donors (Lipinski definition) is 1. The zero-order chi connectivity index (χ0) is 19.4. The van der Waals surface area contributed by atoms with E-state index in [4.69, 9.17) is 4.74 Å². The van der Waals surface area contributed by atoms with Crippen LogP contribution in [0.4, 0.5) is 5.95 Å². The van der Waals surface area contributed by atoms with Gasteiger partial charge >= 0.3 is 5.97 Å². The Labute approximate surface area is 159 Å². The summed E-state index contributed by atoms with van der Waals surface area (Å²) in [6.07, 6.45) is 3.88. The van der Waals surface area contributed by atoms with Crippen molar-refractivity contribution in [2.24, 2.45) is 0 Å². The first-order valence-electron chi connectivity index (χ1n) is 9.24. The number of benzene rings is 1. The summed E-state index contributed by atoms with van der Waals surface area (Å²) in [5.41, 5.74) is 1.59. The zero-order valence-corrected chi connectivity index (χ0v) is 16.1. The van der Waals surface area contributed by atoms with Crippen molar-refractivity contribution in [2.75, 3.05) is 38.7 Å². The van der Waals surface area contributed by atoms with Gasteiger partial charge in [-0.05, 0) is 58.1 Å². The topological polar surface area (TPSA) is 78.8 Å². The number of hydrogen-bond acceptors (Lipinski definition) is 6. The molecule has 1 aliphatic heterocycles. The van der Waals surface area contributed by atoms with Crippen LogP contribution in [0.1, 0.15) is 30.1 Å². The van der Waals surface area contributed by atoms with Crippen molar-refractivity contribution in [3.05, 3.63) is 36.0 Å². The van der Waals surface area contributed by atoms with E-state index in [1.807, 2.05) is 13.0 Å². The lowest BCUT2D eigenvalue weighted by Gasteiger charge is -2.35. The molecule has 7 heteroatoms. The Morgan fingerprint density at radius 3 is 2.67 bits per heavy atom. The predicted molar refractivity (Wildman–Crippen MR) is 105 cm³/mol. The molecule has 0 bridgehead atoms. The maximum absolute atomic E-state index is 11.6. The SMILES string of the molecule is CCOc1ccc(-c2ccnc(N3CCC(N(C)C)CC3)n2)cc1C(=O)O. The molecule has 0 aliphatic carbocycles. The summed E-state index contributed by atoms with van der Waals surface area (Å²) in [4.78, 5) is 25.1. The third-order valence-corrected chi connectivity index (χ3v) is 4.93. The molecule has 2 heterocycles. The first-order valence-corrected chi connectivity index (χ1v) is 9.24. The van der Waals surface area contributed by atoms with Crippen LogP contribution in [0, 0.1) is 0 Å². The van der Waals surface area contributed by atoms with E-state index in [9.17, 15) is 9.90 Å². The van der Waals surface area contributed by atoms with Gasteiger partial charge in [0.05, 0.1) is 12.3 Å². The number of carboxylic acids is 1. The average molecular weight is 370 g/mol. The smallest absolute Gasteiger partial charge is 0.339 e. The first-order chi connectivity index (χ1) is 13.0. The van der Waals surface area contributed by atoms with Gasteiger partial charge in [-0.2, -0.15) is 0 Å². The van der Waals surface area contributed by atoms with E-state index in [1.54, 1.807) is 24.4 Å². The van der Waals surface area contributed by atoms with Gasteiger partial charge < -0.3 is 19.6 Å². The lowest BCUT2D eigenvalue weighted by molar-refractivity contribution is 0.0692. The van der Waals surface area contributed by atoms with E-state index in [0.717, 1.165) is 31.5 Å². The summed E-state index contributed by atoms with van der Waals surface area (Å²) in [5, 5.41) is 9.47. The minimum atomic E-state index is -1.01. The molecular weight excluding hydrogens is 344 g/mol. The summed E-state index contributed by atoms with van der Waals surface area (Å²) in [6.45, 7) is 4.07. The van der Waals surface area contributed by atoms with E-state index in [2.05, 4.69) is 33.9 Å². The Hall–Kier alpha value is -2.67. The average Bonchev–Trinajstić information content (AvgIpc) is 2.68. The summed E-state index contributed by atoms with van der Waals surface area (Å²) in [6, 6.07) is 7.53. The van der Waals surface area contributed by atoms with Gasteiger partial charge in [-0.1, -0.05) is 0 Å². The number of nitrogens with zero attached hydrogens (tertiary/aromatic N) is 4. The van der Waals surface area contributed by atoms with Gasteiger partial charge in [0.25, 0.3) is 0 Å². The molecule has 1 aromatic heterocycles. The van der Waals surface area contributed by atoms with E-state index in [0.29, 0.717) is 30.0 Å². The molecule has 1 aromatic carbocycles. The Bertz CT molecular complexity index is 802. The van der Waals surface area contributed by atoms with Crippen LogP contribution in [0.5, 0.6) is 5.75 Å². The first kappa shape index (κ1) is 19.1. The molecule has 0 unspecified atom stereocenters. The van der Waals surface area contributed by atoms with Crippen LogP contribution < -0.4 is 9.64 Å². The van der Waals surface area contributed by atoms with Crippen LogP contribution in [0.15, 0.2) is 30.5 Å². The van der Waals surface area contributed by atoms with Gasteiger partial charge in [0.1, 0.15) is 11.3 Å². The molecule has 1 saturated heterocycles. The lowest BCUT2D eigenvalue weighted by atomic mass is 10.0. The number of aromatic nitrogens is 2. The van der Waals surface area contributed by atoms with Crippen molar-refractivity contribution < 1.29 is 14.6 Å². The van der Waals surface area contributed by atoms with Crippen molar-refractivity contribution in [2.45, 2.75) is 25.8 Å². The minimum Gasteiger partial charge on any atom is -0.493 e. The van der Waals surface area contributed by atoms with Gasteiger partial charge in [-0.25, -0.2) is 14.8 Å². The normalized spacial score (nSPS) is 15.2. The summed E-state index contributed by atoms with van der Waals surface area (Å²) in [7, 11) is 4.23. The Morgan fingerprint density at radius 1 is 1.30 bits per heavy atom. The van der Waals surface area contributed by atoms with Gasteiger partial charge in [-0.3, -0.25) is 0 Å². The number of rotatable bonds is 6. The molecule has 0 saturated carbocycles. The van der Waals surface area contributed by atoms with Gasteiger partial charge in [0, 0.05) is 30.9 Å². The standard InChI is InChI=1S/C20H26N4O3/c1-4-27-18-6-5-14(13-16(18)19(25)26)17-7-10-21-20(22-17)24-11-8-15(9-12-24)23(2)3/h5-7,10,13,15H,4,8-9,11-12H2,1-3H3,(H,25,26). The van der Waals surface area contributed by atoms with E-state index < -0.39 is 5.97 Å². The minimum absolute atomic E-state index is 0.140. The summed E-state index contributed by atoms with van der Waals surface area (Å²) < 4.78 is 5.41. The molecule has 0 amide bonds. The van der Waals surface area contributed by atoms with Crippen LogP contribution in [-0.4, -0.2) is 65.8 Å². The Kier molecular flexibility index (Phi) is 5.91. The monoisotopic (exact) mass is 370 g/mol. The molecule has 2 aromatic rings. The second-order valence-corrected chi connectivity index (χ2v) is 6.87. The van der Waals surface area contributed by atoms with E-state index in [-0.39, 0.29) is 5.56 Å². The van der Waals surface area contributed by atoms with E-state index in [1.165, 1.54) is 0 Å². The molecule has 144 valence electrons. The van der Waals surface area contributed by atoms with Crippen molar-refractivity contribution in [3.63, 3.8) is 0 Å². The maximum Gasteiger partial charge on any atom is 0.339 e. The fourth-order valence-corrected chi connectivity index (χ4v) is 3.38. The number of carbonyl (C=O) groups is 1. The van der Waals surface area contributed by atoms with Crippen molar-refractivity contribution in [1.29, 1.82) is 0 Å². The molecule has 3 rings (SSSR count). The molecule has 0 radical (unpaired) electrons. The third-order valence-electron chi connectivity index (χ3n) is 4.93. The molecule has 0 spiro atoms. The van der Waals surface area contributed by atoms with Crippen molar-refractivity contribution >= 4 is 11.9 Å². The van der Waals surface area contributed by atoms with Crippen LogP contribution in [0.3, 0.4) is 0 Å². The number of anilines is 1. The molecule has 1 N–H and O–H groups in total. The highest BCUT2D eigenvalue weighted by Crippen LogP contribution is 2.27. The van der Waals surface area contributed by atoms with Gasteiger partial charge in [0.15, 0.2) is 0 Å². The number of ether oxygens (including phenoxy) is 1. The molecule has 0 atom stereocenters. The van der Waals surface area contributed by atoms with Gasteiger partial charge in [0.2, 0.25) is 5.95 Å². The lowest BCUT2D eigenvalue weighted by Crippen LogP contribution is -2.42. The highest BCUT2D eigenvalue weighted by atomic mass is 16.5. The number of carboxylic acid groups (broad SMARTS) is 1. The number of aromatic carboxylic acids is 1. The fourth-order valence-electron chi connectivity index (χ4n) is 3.38. The van der Waals surface area contributed by atoms with Crippen LogP contribution in [-0.2, 0) is 0 Å². The Balaban J connectivity index is 1.84. The molecule has 1 fully saturated rings. The second-order valence-electron chi connectivity index (χ2n) is 6.87. The molecule has 1 aliphatic rings. The predicted octanol–water partition coefficient (Wildman–Crippen LogP) is 2.77. The molecule has 7 nitrogen and oxygen atoms in total. The third kappa shape index (κ3) is 4.36. The van der Waals surface area contributed by atoms with Crippen LogP contribution in [0.25, 0.3) is 11.3 Å². The van der Waals surface area contributed by atoms with E-state index >= 15 is 0 Å². The highest BCUT2D eigenvalue weighted by molar-refractivity contribution is 5.92. The fraction of sp³-hybridized carbons (Fsp3) is 0.450. The molecular formula is C20H26N4O3. The second kappa shape index (κ2) is 8.35. The van der Waals surface area contributed by atoms with Crippen molar-refractivity contribution in [1.82, 2.24) is 14.9 Å². The van der Waals surface area contributed by atoms with Gasteiger partial charge in [-0.15, -0.1) is 0 Å². The zero-order valence-electron chi connectivity index (χ0n) is 16.1. The highest BCUT2D eigenvalue weighted by Gasteiger charge is 2.22. The quantitative estimate of drug-likeness (QED) is 0.837. The van der Waals surface area contributed by atoms with Crippen LogP contribution in [0.2, 0.25) is 0 Å². The largest absolute Gasteiger partial charge is 0.493 e. The maximum atomic E-state index is 11.6. The number of piperidine rings is 1. The van der Waals surface area contributed by atoms with Crippen molar-refractivity contribution in [3.8, 4) is 17.0 Å².